The number of hydrogen-bond acceptors (Lipinski definition) is 3. The lowest BCUT2D eigenvalue weighted by molar-refractivity contribution is 0.152. The van der Waals surface area contributed by atoms with Gasteiger partial charge in [-0.3, -0.25) is 0 Å². The Hall–Kier alpha value is -1.85. The van der Waals surface area contributed by atoms with Crippen LogP contribution in [-0.2, 0) is 4.74 Å². The second kappa shape index (κ2) is 4.99. The summed E-state index contributed by atoms with van der Waals surface area (Å²) in [4.78, 5) is 12.5. The van der Waals surface area contributed by atoms with Crippen molar-refractivity contribution in [1.82, 2.24) is 4.90 Å². The van der Waals surface area contributed by atoms with Gasteiger partial charge in [0.25, 0.3) is 0 Å². The third-order valence-electron chi connectivity index (χ3n) is 2.36. The molecule has 1 aromatic carbocycles. The molecule has 0 aromatic heterocycles. The second-order valence-corrected chi connectivity index (χ2v) is 3.52. The Bertz CT molecular complexity index is 425. The van der Waals surface area contributed by atoms with E-state index < -0.39 is 17.7 Å². The highest BCUT2D eigenvalue weighted by atomic mass is 19.1. The minimum atomic E-state index is -0.629. The van der Waals surface area contributed by atoms with Crippen molar-refractivity contribution in [2.24, 2.45) is 0 Å². The lowest BCUT2D eigenvalue weighted by atomic mass is 10.3. The van der Waals surface area contributed by atoms with Gasteiger partial charge < -0.3 is 14.4 Å². The number of nitrogens with zero attached hydrogens (tertiary/aromatic N) is 1. The van der Waals surface area contributed by atoms with Crippen molar-refractivity contribution in [1.29, 1.82) is 0 Å². The standard InChI is InChI=1S/C11H11F2NO3/c12-8-1-2-9(13)10(7-8)16-5-3-14-4-6-17-11(14)15/h1-2,7H,3-6H2. The Morgan fingerprint density at radius 2 is 2.24 bits per heavy atom. The molecular weight excluding hydrogens is 232 g/mol. The summed E-state index contributed by atoms with van der Waals surface area (Å²) in [6, 6.07) is 2.98. The minimum Gasteiger partial charge on any atom is -0.489 e. The molecule has 1 amide bonds. The van der Waals surface area contributed by atoms with Crippen molar-refractivity contribution in [3.63, 3.8) is 0 Å². The van der Waals surface area contributed by atoms with Gasteiger partial charge in [-0.2, -0.15) is 0 Å². The first-order valence-corrected chi connectivity index (χ1v) is 5.16. The molecule has 4 nitrogen and oxygen atoms in total. The quantitative estimate of drug-likeness (QED) is 0.809. The van der Waals surface area contributed by atoms with Crippen LogP contribution in [0.2, 0.25) is 0 Å². The van der Waals surface area contributed by atoms with Crippen LogP contribution in [0.25, 0.3) is 0 Å². The largest absolute Gasteiger partial charge is 0.489 e. The molecule has 0 saturated carbocycles. The maximum absolute atomic E-state index is 13.1. The minimum absolute atomic E-state index is 0.0927. The Labute approximate surface area is 96.7 Å². The first-order chi connectivity index (χ1) is 8.16. The molecule has 6 heteroatoms. The Kier molecular flexibility index (Phi) is 3.41. The van der Waals surface area contributed by atoms with Crippen molar-refractivity contribution in [3.8, 4) is 5.75 Å². The molecule has 1 aliphatic rings. The van der Waals surface area contributed by atoms with Gasteiger partial charge in [-0.15, -0.1) is 0 Å². The number of carbonyl (C=O) groups is 1. The van der Waals surface area contributed by atoms with Gasteiger partial charge in [0.1, 0.15) is 19.0 Å². The topological polar surface area (TPSA) is 38.8 Å². The van der Waals surface area contributed by atoms with Gasteiger partial charge >= 0.3 is 6.09 Å². The van der Waals surface area contributed by atoms with Crippen molar-refractivity contribution >= 4 is 6.09 Å². The predicted octanol–water partition coefficient (Wildman–Crippen LogP) is 1.80. The number of amides is 1. The summed E-state index contributed by atoms with van der Waals surface area (Å²) >= 11 is 0. The summed E-state index contributed by atoms with van der Waals surface area (Å²) in [5.74, 6) is -1.35. The Morgan fingerprint density at radius 1 is 1.41 bits per heavy atom. The van der Waals surface area contributed by atoms with Crippen molar-refractivity contribution < 1.29 is 23.0 Å². The van der Waals surface area contributed by atoms with Gasteiger partial charge in [0.05, 0.1) is 13.1 Å². The lowest BCUT2D eigenvalue weighted by Crippen LogP contribution is -2.29. The molecule has 1 aromatic rings. The summed E-state index contributed by atoms with van der Waals surface area (Å²) in [7, 11) is 0. The molecule has 0 unspecified atom stereocenters. The third kappa shape index (κ3) is 2.83. The molecule has 0 radical (unpaired) electrons. The Morgan fingerprint density at radius 3 is 2.94 bits per heavy atom. The normalized spacial score (nSPS) is 14.9. The molecule has 1 saturated heterocycles. The number of carbonyl (C=O) groups excluding carboxylic acids is 1. The van der Waals surface area contributed by atoms with E-state index in [1.807, 2.05) is 0 Å². The molecular formula is C11H11F2NO3. The van der Waals surface area contributed by atoms with Crippen LogP contribution in [0.15, 0.2) is 18.2 Å². The van der Waals surface area contributed by atoms with E-state index in [2.05, 4.69) is 0 Å². The maximum Gasteiger partial charge on any atom is 0.410 e. The highest BCUT2D eigenvalue weighted by Crippen LogP contribution is 2.17. The van der Waals surface area contributed by atoms with Gasteiger partial charge in [0, 0.05) is 6.07 Å². The molecule has 1 heterocycles. The number of ether oxygens (including phenoxy) is 2. The maximum atomic E-state index is 13.1. The van der Waals surface area contributed by atoms with E-state index in [4.69, 9.17) is 9.47 Å². The third-order valence-corrected chi connectivity index (χ3v) is 2.36. The van der Waals surface area contributed by atoms with Crippen molar-refractivity contribution in [3.05, 3.63) is 29.8 Å². The van der Waals surface area contributed by atoms with Gasteiger partial charge in [0.2, 0.25) is 0 Å². The predicted molar refractivity (Wildman–Crippen MR) is 54.8 cm³/mol. The van der Waals surface area contributed by atoms with Gasteiger partial charge in [0.15, 0.2) is 11.6 Å². The fraction of sp³-hybridized carbons (Fsp3) is 0.364. The summed E-state index contributed by atoms with van der Waals surface area (Å²) in [5, 5.41) is 0. The molecule has 1 aliphatic heterocycles. The monoisotopic (exact) mass is 243 g/mol. The van der Waals surface area contributed by atoms with Crippen LogP contribution in [0.5, 0.6) is 5.75 Å². The molecule has 92 valence electrons. The van der Waals surface area contributed by atoms with Crippen LogP contribution < -0.4 is 4.74 Å². The summed E-state index contributed by atoms with van der Waals surface area (Å²) in [5.41, 5.74) is 0. The summed E-state index contributed by atoms with van der Waals surface area (Å²) in [6.45, 7) is 1.23. The van der Waals surface area contributed by atoms with Crippen molar-refractivity contribution in [2.75, 3.05) is 26.3 Å². The molecule has 0 N–H and O–H groups in total. The van der Waals surface area contributed by atoms with E-state index >= 15 is 0 Å². The first-order valence-electron chi connectivity index (χ1n) is 5.16. The summed E-state index contributed by atoms with van der Waals surface area (Å²) < 4.78 is 35.7. The molecule has 2 rings (SSSR count). The fourth-order valence-electron chi connectivity index (χ4n) is 1.48. The average molecular weight is 243 g/mol. The molecule has 17 heavy (non-hydrogen) atoms. The average Bonchev–Trinajstić information content (AvgIpc) is 2.70. The zero-order valence-corrected chi connectivity index (χ0v) is 8.99. The Balaban J connectivity index is 1.85. The highest BCUT2D eigenvalue weighted by molar-refractivity contribution is 5.69. The lowest BCUT2D eigenvalue weighted by Gasteiger charge is -2.13. The second-order valence-electron chi connectivity index (χ2n) is 3.52. The molecule has 0 aliphatic carbocycles. The number of halogens is 2. The molecule has 0 bridgehead atoms. The van der Waals surface area contributed by atoms with E-state index in [9.17, 15) is 13.6 Å². The van der Waals surface area contributed by atoms with Crippen molar-refractivity contribution in [2.45, 2.75) is 0 Å². The van der Waals surface area contributed by atoms with Crippen LogP contribution in [0.3, 0.4) is 0 Å². The van der Waals surface area contributed by atoms with Crippen LogP contribution >= 0.6 is 0 Å². The van der Waals surface area contributed by atoms with E-state index in [0.29, 0.717) is 13.2 Å². The molecule has 0 atom stereocenters. The number of benzene rings is 1. The van der Waals surface area contributed by atoms with Crippen LogP contribution in [0.4, 0.5) is 13.6 Å². The highest BCUT2D eigenvalue weighted by Gasteiger charge is 2.21. The fourth-order valence-corrected chi connectivity index (χ4v) is 1.48. The zero-order valence-electron chi connectivity index (χ0n) is 8.99. The molecule has 0 spiro atoms. The van der Waals surface area contributed by atoms with Crippen LogP contribution in [-0.4, -0.2) is 37.3 Å². The first kappa shape index (κ1) is 11.6. The van der Waals surface area contributed by atoms with Gasteiger partial charge in [-0.1, -0.05) is 0 Å². The smallest absolute Gasteiger partial charge is 0.410 e. The van der Waals surface area contributed by atoms with E-state index in [1.165, 1.54) is 4.90 Å². The molecule has 1 fully saturated rings. The summed E-state index contributed by atoms with van der Waals surface area (Å²) in [6.07, 6.45) is -0.409. The number of rotatable bonds is 4. The van der Waals surface area contributed by atoms with Gasteiger partial charge in [-0.05, 0) is 12.1 Å². The van der Waals surface area contributed by atoms with E-state index in [0.717, 1.165) is 18.2 Å². The SMILES string of the molecule is O=C1OCCN1CCOc1cc(F)ccc1F. The number of hydrogen-bond donors (Lipinski definition) is 0. The zero-order chi connectivity index (χ0) is 12.3. The number of cyclic esters (lactones) is 1. The van der Waals surface area contributed by atoms with Crippen LogP contribution in [0, 0.1) is 11.6 Å². The van der Waals surface area contributed by atoms with Gasteiger partial charge in [-0.25, -0.2) is 13.6 Å². The van der Waals surface area contributed by atoms with E-state index in [-0.39, 0.29) is 18.9 Å². The van der Waals surface area contributed by atoms with Crippen LogP contribution in [0.1, 0.15) is 0 Å². The van der Waals surface area contributed by atoms with E-state index in [1.54, 1.807) is 0 Å².